The molecular weight excluding hydrogens is 296 g/mol. The van der Waals surface area contributed by atoms with E-state index in [4.69, 9.17) is 10.2 Å². The van der Waals surface area contributed by atoms with Crippen LogP contribution >= 0.6 is 0 Å². The highest BCUT2D eigenvalue weighted by atomic mass is 16.3. The van der Waals surface area contributed by atoms with Gasteiger partial charge in [0, 0.05) is 13.1 Å². The molecule has 0 bridgehead atoms. The number of likely N-dealkylation sites (tertiary alicyclic amines) is 1. The number of anilines is 1. The number of nitrogens with zero attached hydrogens (tertiary/aromatic N) is 5. The van der Waals surface area contributed by atoms with Gasteiger partial charge in [-0.1, -0.05) is 0 Å². The van der Waals surface area contributed by atoms with Crippen molar-refractivity contribution in [3.05, 3.63) is 24.7 Å². The molecule has 0 atom stereocenters. The van der Waals surface area contributed by atoms with Crippen LogP contribution in [0.2, 0.25) is 0 Å². The lowest BCUT2D eigenvalue weighted by Gasteiger charge is -2.15. The van der Waals surface area contributed by atoms with E-state index in [9.17, 15) is 4.79 Å². The maximum Gasteiger partial charge on any atom is 0.242 e. The normalized spacial score (nSPS) is 14.7. The van der Waals surface area contributed by atoms with E-state index in [1.54, 1.807) is 29.3 Å². The molecule has 23 heavy (non-hydrogen) atoms. The van der Waals surface area contributed by atoms with Crippen LogP contribution in [-0.4, -0.2) is 43.4 Å². The summed E-state index contributed by atoms with van der Waals surface area (Å²) in [4.78, 5) is 27.0. The Balaban J connectivity index is 1.73. The third-order valence-corrected chi connectivity index (χ3v) is 4.00. The maximum atomic E-state index is 12.3. The zero-order chi connectivity index (χ0) is 15.8. The van der Waals surface area contributed by atoms with E-state index < -0.39 is 0 Å². The van der Waals surface area contributed by atoms with Gasteiger partial charge >= 0.3 is 0 Å². The van der Waals surface area contributed by atoms with Crippen molar-refractivity contribution in [3.63, 3.8) is 0 Å². The molecule has 3 aromatic rings. The van der Waals surface area contributed by atoms with Crippen molar-refractivity contribution in [1.82, 2.24) is 24.4 Å². The zero-order valence-electron chi connectivity index (χ0n) is 12.5. The largest absolute Gasteiger partial charge is 0.463 e. The molecule has 4 rings (SSSR count). The fourth-order valence-electron chi connectivity index (χ4n) is 2.87. The molecule has 2 N–H and O–H groups in total. The number of rotatable bonds is 3. The zero-order valence-corrected chi connectivity index (χ0v) is 12.5. The summed E-state index contributed by atoms with van der Waals surface area (Å²) in [7, 11) is 0. The summed E-state index contributed by atoms with van der Waals surface area (Å²) in [6, 6.07) is 3.56. The molecule has 0 unspecified atom stereocenters. The van der Waals surface area contributed by atoms with Crippen LogP contribution in [0.3, 0.4) is 0 Å². The van der Waals surface area contributed by atoms with Crippen LogP contribution in [0.15, 0.2) is 29.1 Å². The Bertz CT molecular complexity index is 848. The molecule has 118 valence electrons. The van der Waals surface area contributed by atoms with Gasteiger partial charge in [-0.3, -0.25) is 4.79 Å². The van der Waals surface area contributed by atoms with Gasteiger partial charge in [-0.05, 0) is 25.0 Å². The number of nitrogens with two attached hydrogens (primary N) is 1. The van der Waals surface area contributed by atoms with Gasteiger partial charge in [0.2, 0.25) is 11.9 Å². The molecular formula is C15H16N6O2. The first-order valence-electron chi connectivity index (χ1n) is 7.52. The minimum atomic E-state index is 0.0681. The Labute approximate surface area is 131 Å². The molecule has 1 aliphatic heterocycles. The SMILES string of the molecule is Nc1nc(-c2ccco2)c2ncn(CC(=O)N3CCCC3)c2n1. The topological polar surface area (TPSA) is 103 Å². The number of nitrogen functional groups attached to an aromatic ring is 1. The van der Waals surface area contributed by atoms with E-state index in [2.05, 4.69) is 15.0 Å². The minimum absolute atomic E-state index is 0.0681. The fraction of sp³-hybridized carbons (Fsp3) is 0.333. The molecule has 8 heteroatoms. The molecule has 3 aromatic heterocycles. The molecule has 1 saturated heterocycles. The van der Waals surface area contributed by atoms with Crippen LogP contribution in [0, 0.1) is 0 Å². The van der Waals surface area contributed by atoms with Gasteiger partial charge in [0.15, 0.2) is 11.4 Å². The van der Waals surface area contributed by atoms with Gasteiger partial charge in [0.05, 0.1) is 12.6 Å². The molecule has 1 aliphatic rings. The molecule has 4 heterocycles. The summed E-state index contributed by atoms with van der Waals surface area (Å²) in [5.41, 5.74) is 7.45. The highest BCUT2D eigenvalue weighted by Crippen LogP contribution is 2.26. The van der Waals surface area contributed by atoms with Gasteiger partial charge < -0.3 is 19.6 Å². The number of hydrogen-bond acceptors (Lipinski definition) is 6. The minimum Gasteiger partial charge on any atom is -0.463 e. The summed E-state index contributed by atoms with van der Waals surface area (Å²) in [6.45, 7) is 1.84. The van der Waals surface area contributed by atoms with Crippen LogP contribution in [0.5, 0.6) is 0 Å². The molecule has 1 fully saturated rings. The summed E-state index contributed by atoms with van der Waals surface area (Å²) < 4.78 is 7.09. The predicted molar refractivity (Wildman–Crippen MR) is 83.3 cm³/mol. The molecule has 1 amide bonds. The number of carbonyl (C=O) groups excluding carboxylic acids is 1. The fourth-order valence-corrected chi connectivity index (χ4v) is 2.87. The van der Waals surface area contributed by atoms with Crippen molar-refractivity contribution in [3.8, 4) is 11.5 Å². The second kappa shape index (κ2) is 5.38. The third kappa shape index (κ3) is 2.41. The number of hydrogen-bond donors (Lipinski definition) is 1. The standard InChI is InChI=1S/C15H16N6O2/c16-15-18-12(10-4-3-7-23-10)13-14(19-15)21(9-17-13)8-11(22)20-5-1-2-6-20/h3-4,7,9H,1-2,5-6,8H2,(H2,16,18,19). The van der Waals surface area contributed by atoms with Crippen LogP contribution < -0.4 is 5.73 Å². The summed E-state index contributed by atoms with van der Waals surface area (Å²) in [5.74, 6) is 0.762. The van der Waals surface area contributed by atoms with E-state index in [-0.39, 0.29) is 18.4 Å². The summed E-state index contributed by atoms with van der Waals surface area (Å²) in [5, 5.41) is 0. The molecule has 0 aromatic carbocycles. The number of carbonyl (C=O) groups is 1. The van der Waals surface area contributed by atoms with E-state index in [1.807, 2.05) is 4.90 Å². The Morgan fingerprint density at radius 1 is 1.30 bits per heavy atom. The summed E-state index contributed by atoms with van der Waals surface area (Å²) in [6.07, 6.45) is 5.29. The third-order valence-electron chi connectivity index (χ3n) is 4.00. The second-order valence-electron chi connectivity index (χ2n) is 5.54. The van der Waals surface area contributed by atoms with Crippen molar-refractivity contribution < 1.29 is 9.21 Å². The Morgan fingerprint density at radius 2 is 2.13 bits per heavy atom. The lowest BCUT2D eigenvalue weighted by atomic mass is 10.3. The summed E-state index contributed by atoms with van der Waals surface area (Å²) >= 11 is 0. The molecule has 8 nitrogen and oxygen atoms in total. The quantitative estimate of drug-likeness (QED) is 0.781. The van der Waals surface area contributed by atoms with Crippen LogP contribution in [0.4, 0.5) is 5.95 Å². The monoisotopic (exact) mass is 312 g/mol. The van der Waals surface area contributed by atoms with Gasteiger partial charge in [-0.15, -0.1) is 0 Å². The maximum absolute atomic E-state index is 12.3. The lowest BCUT2D eigenvalue weighted by Crippen LogP contribution is -2.30. The Morgan fingerprint density at radius 3 is 2.87 bits per heavy atom. The first-order valence-corrected chi connectivity index (χ1v) is 7.52. The van der Waals surface area contributed by atoms with E-state index >= 15 is 0 Å². The van der Waals surface area contributed by atoms with Crippen molar-refractivity contribution >= 4 is 23.0 Å². The van der Waals surface area contributed by atoms with Gasteiger partial charge in [0.25, 0.3) is 0 Å². The van der Waals surface area contributed by atoms with Crippen LogP contribution in [-0.2, 0) is 11.3 Å². The highest BCUT2D eigenvalue weighted by molar-refractivity contribution is 5.87. The number of amides is 1. The van der Waals surface area contributed by atoms with Gasteiger partial charge in [-0.25, -0.2) is 9.97 Å². The van der Waals surface area contributed by atoms with Crippen molar-refractivity contribution in [2.75, 3.05) is 18.8 Å². The van der Waals surface area contributed by atoms with Crippen LogP contribution in [0.25, 0.3) is 22.6 Å². The molecule has 0 saturated carbocycles. The van der Waals surface area contributed by atoms with Crippen molar-refractivity contribution in [2.24, 2.45) is 0 Å². The van der Waals surface area contributed by atoms with E-state index in [0.717, 1.165) is 25.9 Å². The van der Waals surface area contributed by atoms with E-state index in [0.29, 0.717) is 22.6 Å². The average molecular weight is 312 g/mol. The first kappa shape index (κ1) is 13.7. The lowest BCUT2D eigenvalue weighted by molar-refractivity contribution is -0.130. The Kier molecular flexibility index (Phi) is 3.22. The predicted octanol–water partition coefficient (Wildman–Crippen LogP) is 1.29. The number of furan rings is 1. The van der Waals surface area contributed by atoms with E-state index in [1.165, 1.54) is 0 Å². The number of aromatic nitrogens is 4. The highest BCUT2D eigenvalue weighted by Gasteiger charge is 2.21. The molecule has 0 radical (unpaired) electrons. The Hall–Kier alpha value is -2.90. The number of imidazole rings is 1. The smallest absolute Gasteiger partial charge is 0.242 e. The first-order chi connectivity index (χ1) is 11.2. The van der Waals surface area contributed by atoms with Crippen molar-refractivity contribution in [1.29, 1.82) is 0 Å². The van der Waals surface area contributed by atoms with Gasteiger partial charge in [0.1, 0.15) is 17.8 Å². The molecule has 0 spiro atoms. The molecule has 0 aliphatic carbocycles. The van der Waals surface area contributed by atoms with Gasteiger partial charge in [-0.2, -0.15) is 4.98 Å². The van der Waals surface area contributed by atoms with Crippen molar-refractivity contribution in [2.45, 2.75) is 19.4 Å². The van der Waals surface area contributed by atoms with Crippen LogP contribution in [0.1, 0.15) is 12.8 Å². The second-order valence-corrected chi connectivity index (χ2v) is 5.54. The average Bonchev–Trinajstić information content (AvgIpc) is 3.29. The number of fused-ring (bicyclic) bond motifs is 1.